The monoisotopic (exact) mass is 303 g/mol. The van der Waals surface area contributed by atoms with Crippen molar-refractivity contribution < 1.29 is 13.5 Å². The third-order valence-electron chi connectivity index (χ3n) is 2.64. The third kappa shape index (κ3) is 2.81. The van der Waals surface area contributed by atoms with Crippen molar-refractivity contribution in [3.05, 3.63) is 65.0 Å². The molecule has 8 heteroatoms. The molecule has 0 spiro atoms. The van der Waals surface area contributed by atoms with Crippen LogP contribution in [0.4, 0.5) is 0 Å². The van der Waals surface area contributed by atoms with Crippen molar-refractivity contribution in [3.63, 3.8) is 0 Å². The Morgan fingerprint density at radius 3 is 2.52 bits per heavy atom. The third-order valence-corrected chi connectivity index (χ3v) is 3.48. The highest BCUT2D eigenvalue weighted by Crippen LogP contribution is 2.06. The van der Waals surface area contributed by atoms with Crippen molar-refractivity contribution in [3.8, 4) is 0 Å². The average Bonchev–Trinajstić information content (AvgIpc) is 2.55. The lowest BCUT2D eigenvalue weighted by molar-refractivity contribution is -0.216. The van der Waals surface area contributed by atoms with E-state index in [-0.39, 0.29) is 0 Å². The fourth-order valence-electron chi connectivity index (χ4n) is 1.65. The molecule has 0 aliphatic rings. The van der Waals surface area contributed by atoms with Crippen LogP contribution in [0.15, 0.2) is 64.3 Å². The summed E-state index contributed by atoms with van der Waals surface area (Å²) in [6.07, 6.45) is 0. The van der Waals surface area contributed by atoms with E-state index in [1.54, 1.807) is 54.6 Å². The second-order valence-electron chi connectivity index (χ2n) is 3.98. The fourth-order valence-corrected chi connectivity index (χ4v) is 2.22. The molecule has 0 saturated heterocycles. The van der Waals surface area contributed by atoms with E-state index in [2.05, 4.69) is 14.6 Å². The minimum Gasteiger partial charge on any atom is -0.263 e. The summed E-state index contributed by atoms with van der Waals surface area (Å²) in [7, 11) is 0. The Kier molecular flexibility index (Phi) is 3.71. The lowest BCUT2D eigenvalue weighted by Gasteiger charge is -2.04. The van der Waals surface area contributed by atoms with E-state index in [9.17, 15) is 9.00 Å². The molecule has 3 aromatic rings. The number of hydrogen-bond acceptors (Lipinski definition) is 6. The van der Waals surface area contributed by atoms with Gasteiger partial charge in [0, 0.05) is 4.85 Å². The zero-order valence-electron chi connectivity index (χ0n) is 10.6. The smallest absolute Gasteiger partial charge is 0.263 e. The molecule has 0 radical (unpaired) electrons. The molecule has 7 nitrogen and oxygen atoms in total. The van der Waals surface area contributed by atoms with Crippen molar-refractivity contribution >= 4 is 22.0 Å². The fraction of sp³-hybridized carbons (Fsp3) is 0. The quantitative estimate of drug-likeness (QED) is 0.525. The number of nitrogens with zero attached hydrogens (tertiary/aromatic N) is 3. The molecule has 1 unspecified atom stereocenters. The second kappa shape index (κ2) is 5.81. The maximum Gasteiger partial charge on any atom is 0.318 e. The van der Waals surface area contributed by atoms with Crippen LogP contribution in [0.2, 0.25) is 0 Å². The van der Waals surface area contributed by atoms with Gasteiger partial charge in [-0.05, 0) is 29.5 Å². The summed E-state index contributed by atoms with van der Waals surface area (Å²) in [6, 6.07) is 15.1. The molecule has 0 N–H and O–H groups in total. The number of aromatic nitrogens is 3. The van der Waals surface area contributed by atoms with Crippen LogP contribution in [0, 0.1) is 0 Å². The predicted molar refractivity (Wildman–Crippen MR) is 74.3 cm³/mol. The van der Waals surface area contributed by atoms with Gasteiger partial charge in [0.1, 0.15) is 5.52 Å². The standard InChI is InChI=1S/C13H9N3O4S/c17-13-11-8-4-5-9-12(11)14-15-16(13)19-20-21(18)10-6-2-1-3-7-10/h1-9H. The highest BCUT2D eigenvalue weighted by atomic mass is 32.2. The van der Waals surface area contributed by atoms with Crippen molar-refractivity contribution in [2.45, 2.75) is 4.90 Å². The van der Waals surface area contributed by atoms with E-state index in [0.717, 1.165) is 0 Å². The molecule has 1 atom stereocenters. The highest BCUT2D eigenvalue weighted by molar-refractivity contribution is 7.80. The molecular weight excluding hydrogens is 294 g/mol. The van der Waals surface area contributed by atoms with Gasteiger partial charge in [0.15, 0.2) is 0 Å². The summed E-state index contributed by atoms with van der Waals surface area (Å²) < 4.78 is 16.5. The van der Waals surface area contributed by atoms with Gasteiger partial charge < -0.3 is 0 Å². The van der Waals surface area contributed by atoms with Gasteiger partial charge in [0.2, 0.25) is 11.1 Å². The van der Waals surface area contributed by atoms with Crippen LogP contribution in [-0.2, 0) is 15.4 Å². The van der Waals surface area contributed by atoms with Gasteiger partial charge >= 0.3 is 5.56 Å². The zero-order chi connectivity index (χ0) is 14.7. The largest absolute Gasteiger partial charge is 0.318 e. The number of fused-ring (bicyclic) bond motifs is 1. The molecule has 0 amide bonds. The summed E-state index contributed by atoms with van der Waals surface area (Å²) in [5.74, 6) is 0. The Labute approximate surface area is 121 Å². The van der Waals surface area contributed by atoms with Crippen LogP contribution in [0.3, 0.4) is 0 Å². The Hall–Kier alpha value is -2.58. The minimum atomic E-state index is -1.88. The molecule has 1 aromatic heterocycles. The van der Waals surface area contributed by atoms with Gasteiger partial charge in [-0.1, -0.05) is 34.7 Å². The predicted octanol–water partition coefficient (Wildman–Crippen LogP) is 0.875. The van der Waals surface area contributed by atoms with Gasteiger partial charge in [-0.3, -0.25) is 4.79 Å². The Morgan fingerprint density at radius 1 is 1.00 bits per heavy atom. The van der Waals surface area contributed by atoms with Crippen LogP contribution in [0.25, 0.3) is 10.9 Å². The van der Waals surface area contributed by atoms with Crippen molar-refractivity contribution in [1.82, 2.24) is 15.2 Å². The minimum absolute atomic E-state index is 0.321. The van der Waals surface area contributed by atoms with Crippen molar-refractivity contribution in [2.75, 3.05) is 0 Å². The first-order valence-corrected chi connectivity index (χ1v) is 7.00. The number of rotatable bonds is 4. The first kappa shape index (κ1) is 13.4. The normalized spacial score (nSPS) is 12.2. The lowest BCUT2D eigenvalue weighted by Crippen LogP contribution is -2.31. The topological polar surface area (TPSA) is 83.3 Å². The molecule has 0 fully saturated rings. The average molecular weight is 303 g/mol. The highest BCUT2D eigenvalue weighted by Gasteiger charge is 2.10. The van der Waals surface area contributed by atoms with Crippen molar-refractivity contribution in [2.24, 2.45) is 0 Å². The van der Waals surface area contributed by atoms with E-state index in [1.807, 2.05) is 0 Å². The molecule has 1 heterocycles. The summed E-state index contributed by atoms with van der Waals surface area (Å²) >= 11 is -1.88. The van der Waals surface area contributed by atoms with Gasteiger partial charge in [-0.15, -0.1) is 5.10 Å². The molecule has 2 aromatic carbocycles. The van der Waals surface area contributed by atoms with Gasteiger partial charge in [-0.2, -0.15) is 0 Å². The molecule has 0 aliphatic heterocycles. The van der Waals surface area contributed by atoms with Crippen LogP contribution >= 0.6 is 0 Å². The molecule has 0 bridgehead atoms. The molecule has 106 valence electrons. The van der Waals surface area contributed by atoms with Crippen LogP contribution in [0.5, 0.6) is 0 Å². The van der Waals surface area contributed by atoms with Gasteiger partial charge in [-0.25, -0.2) is 9.20 Å². The van der Waals surface area contributed by atoms with Gasteiger partial charge in [0.05, 0.1) is 10.3 Å². The summed E-state index contributed by atoms with van der Waals surface area (Å²) in [6.45, 7) is 0. The first-order chi connectivity index (χ1) is 10.3. The van der Waals surface area contributed by atoms with Crippen LogP contribution < -0.4 is 10.5 Å². The summed E-state index contributed by atoms with van der Waals surface area (Å²) in [5, 5.41) is 7.67. The maximum atomic E-state index is 12.0. The van der Waals surface area contributed by atoms with Crippen LogP contribution in [0.1, 0.15) is 0 Å². The SMILES string of the molecule is O=c1c2ccccc2nnn1OOS(=O)c1ccccc1. The zero-order valence-corrected chi connectivity index (χ0v) is 11.4. The maximum absolute atomic E-state index is 12.0. The van der Waals surface area contributed by atoms with E-state index in [0.29, 0.717) is 20.6 Å². The van der Waals surface area contributed by atoms with E-state index < -0.39 is 16.6 Å². The Morgan fingerprint density at radius 2 is 1.71 bits per heavy atom. The van der Waals surface area contributed by atoms with E-state index in [1.165, 1.54) is 0 Å². The molecule has 21 heavy (non-hydrogen) atoms. The molecule has 0 saturated carbocycles. The number of benzene rings is 2. The van der Waals surface area contributed by atoms with E-state index >= 15 is 0 Å². The Balaban J connectivity index is 1.81. The lowest BCUT2D eigenvalue weighted by atomic mass is 10.2. The molecular formula is C13H9N3O4S. The Bertz CT molecular complexity index is 851. The van der Waals surface area contributed by atoms with Crippen molar-refractivity contribution in [1.29, 1.82) is 0 Å². The van der Waals surface area contributed by atoms with E-state index in [4.69, 9.17) is 4.99 Å². The first-order valence-electron chi connectivity index (χ1n) is 5.93. The second-order valence-corrected chi connectivity index (χ2v) is 5.05. The molecule has 0 aliphatic carbocycles. The van der Waals surface area contributed by atoms with Crippen LogP contribution in [-0.4, -0.2) is 19.4 Å². The van der Waals surface area contributed by atoms with Gasteiger partial charge in [0.25, 0.3) is 0 Å². The number of hydrogen-bond donors (Lipinski definition) is 0. The summed E-state index contributed by atoms with van der Waals surface area (Å²) in [4.78, 5) is 17.7. The summed E-state index contributed by atoms with van der Waals surface area (Å²) in [5.41, 5.74) is -0.114. The molecule has 3 rings (SSSR count).